The van der Waals surface area contributed by atoms with Gasteiger partial charge < -0.3 is 4.90 Å². The normalized spacial score (nSPS) is 15.5. The van der Waals surface area contributed by atoms with Crippen molar-refractivity contribution in [3.8, 4) is 0 Å². The molecule has 2 aromatic carbocycles. The molecule has 0 atom stereocenters. The van der Waals surface area contributed by atoms with E-state index in [-0.39, 0.29) is 10.8 Å². The summed E-state index contributed by atoms with van der Waals surface area (Å²) in [4.78, 5) is 17.2. The predicted octanol–water partition coefficient (Wildman–Crippen LogP) is 3.33. The average molecular weight is 450 g/mol. The van der Waals surface area contributed by atoms with Gasteiger partial charge in [0.1, 0.15) is 0 Å². The zero-order valence-electron chi connectivity index (χ0n) is 17.4. The molecular weight excluding hydrogens is 422 g/mol. The molecular formula is C22H28ClN3O3S. The third-order valence-electron chi connectivity index (χ3n) is 5.42. The van der Waals surface area contributed by atoms with Gasteiger partial charge in [0.05, 0.1) is 4.90 Å². The van der Waals surface area contributed by atoms with E-state index in [9.17, 15) is 13.2 Å². The second-order valence-electron chi connectivity index (χ2n) is 7.31. The van der Waals surface area contributed by atoms with Crippen molar-refractivity contribution in [3.63, 3.8) is 0 Å². The molecule has 6 nitrogen and oxygen atoms in total. The highest BCUT2D eigenvalue weighted by molar-refractivity contribution is 7.89. The molecule has 0 bridgehead atoms. The van der Waals surface area contributed by atoms with Crippen molar-refractivity contribution < 1.29 is 13.2 Å². The minimum absolute atomic E-state index is 0.0621. The highest BCUT2D eigenvalue weighted by atomic mass is 35.5. The lowest BCUT2D eigenvalue weighted by atomic mass is 10.1. The number of benzene rings is 2. The maximum absolute atomic E-state index is 12.8. The first-order chi connectivity index (χ1) is 14.3. The Morgan fingerprint density at radius 2 is 1.50 bits per heavy atom. The number of amides is 1. The van der Waals surface area contributed by atoms with Gasteiger partial charge in [-0.1, -0.05) is 37.6 Å². The van der Waals surface area contributed by atoms with Crippen molar-refractivity contribution in [2.75, 3.05) is 39.3 Å². The van der Waals surface area contributed by atoms with Crippen molar-refractivity contribution in [2.24, 2.45) is 0 Å². The summed E-state index contributed by atoms with van der Waals surface area (Å²) in [5, 5.41) is 0.727. The summed E-state index contributed by atoms with van der Waals surface area (Å²) in [5.41, 5.74) is 1.71. The monoisotopic (exact) mass is 449 g/mol. The Hall–Kier alpha value is -1.93. The van der Waals surface area contributed by atoms with Crippen LogP contribution in [-0.2, 0) is 16.6 Å². The number of piperazine rings is 1. The molecule has 2 aromatic rings. The molecule has 1 amide bonds. The molecule has 162 valence electrons. The van der Waals surface area contributed by atoms with Crippen molar-refractivity contribution >= 4 is 27.5 Å². The first-order valence-corrected chi connectivity index (χ1v) is 12.0. The number of sulfonamides is 1. The summed E-state index contributed by atoms with van der Waals surface area (Å²) in [6.45, 7) is 8.16. The zero-order chi connectivity index (χ0) is 21.7. The van der Waals surface area contributed by atoms with E-state index in [2.05, 4.69) is 4.90 Å². The average Bonchev–Trinajstić information content (AvgIpc) is 2.76. The molecule has 0 unspecified atom stereocenters. The number of hydrogen-bond donors (Lipinski definition) is 0. The van der Waals surface area contributed by atoms with Crippen LogP contribution in [0, 0.1) is 0 Å². The third-order valence-corrected chi connectivity index (χ3v) is 7.74. The number of hydrogen-bond acceptors (Lipinski definition) is 4. The Balaban J connectivity index is 1.59. The van der Waals surface area contributed by atoms with E-state index >= 15 is 0 Å². The smallest absolute Gasteiger partial charge is 0.253 e. The maximum atomic E-state index is 12.8. The van der Waals surface area contributed by atoms with Crippen LogP contribution in [0.3, 0.4) is 0 Å². The molecule has 0 radical (unpaired) electrons. The first kappa shape index (κ1) is 22.7. The van der Waals surface area contributed by atoms with E-state index in [0.29, 0.717) is 31.7 Å². The molecule has 0 saturated carbocycles. The molecule has 1 aliphatic rings. The maximum Gasteiger partial charge on any atom is 0.253 e. The third kappa shape index (κ3) is 5.21. The minimum Gasteiger partial charge on any atom is -0.336 e. The standard InChI is InChI=1S/C22H28ClN3O3S/c1-3-26(4-2)30(28,29)21-11-7-19(8-12-21)22(27)25-15-13-24(14-16-25)17-18-5-9-20(23)10-6-18/h5-12H,3-4,13-17H2,1-2H3. The van der Waals surface area contributed by atoms with Gasteiger partial charge in [-0.3, -0.25) is 9.69 Å². The molecule has 0 aromatic heterocycles. The summed E-state index contributed by atoms with van der Waals surface area (Å²) in [6, 6.07) is 14.1. The van der Waals surface area contributed by atoms with Gasteiger partial charge in [0.15, 0.2) is 0 Å². The van der Waals surface area contributed by atoms with Crippen LogP contribution < -0.4 is 0 Å². The summed E-state index contributed by atoms with van der Waals surface area (Å²) in [6.07, 6.45) is 0. The van der Waals surface area contributed by atoms with Gasteiger partial charge >= 0.3 is 0 Å². The van der Waals surface area contributed by atoms with E-state index in [0.717, 1.165) is 24.7 Å². The molecule has 8 heteroatoms. The molecule has 0 aliphatic carbocycles. The predicted molar refractivity (Wildman–Crippen MR) is 119 cm³/mol. The fourth-order valence-corrected chi connectivity index (χ4v) is 5.21. The zero-order valence-corrected chi connectivity index (χ0v) is 19.0. The second kappa shape index (κ2) is 9.92. The van der Waals surface area contributed by atoms with E-state index < -0.39 is 10.0 Å². The van der Waals surface area contributed by atoms with Gasteiger partial charge in [0.2, 0.25) is 10.0 Å². The van der Waals surface area contributed by atoms with Crippen molar-refractivity contribution in [2.45, 2.75) is 25.3 Å². The molecule has 30 heavy (non-hydrogen) atoms. The Bertz CT molecular complexity index is 950. The Morgan fingerprint density at radius 1 is 0.933 bits per heavy atom. The highest BCUT2D eigenvalue weighted by Gasteiger charge is 2.24. The van der Waals surface area contributed by atoms with E-state index in [1.165, 1.54) is 22.0 Å². The largest absolute Gasteiger partial charge is 0.336 e. The number of rotatable bonds is 7. The highest BCUT2D eigenvalue weighted by Crippen LogP contribution is 2.18. The SMILES string of the molecule is CCN(CC)S(=O)(=O)c1ccc(C(=O)N2CCN(Cc3ccc(Cl)cc3)CC2)cc1. The second-order valence-corrected chi connectivity index (χ2v) is 9.68. The molecule has 1 heterocycles. The summed E-state index contributed by atoms with van der Waals surface area (Å²) in [7, 11) is -3.51. The van der Waals surface area contributed by atoms with Crippen LogP contribution in [0.1, 0.15) is 29.8 Å². The van der Waals surface area contributed by atoms with Gasteiger partial charge in [-0.15, -0.1) is 0 Å². The van der Waals surface area contributed by atoms with Crippen molar-refractivity contribution in [1.82, 2.24) is 14.1 Å². The Kier molecular flexibility index (Phi) is 7.52. The van der Waals surface area contributed by atoms with Crippen LogP contribution in [0.5, 0.6) is 0 Å². The molecule has 1 aliphatic heterocycles. The van der Waals surface area contributed by atoms with Crippen LogP contribution in [0.15, 0.2) is 53.4 Å². The quantitative estimate of drug-likeness (QED) is 0.650. The van der Waals surface area contributed by atoms with Gasteiger partial charge in [0.25, 0.3) is 5.91 Å². The number of carbonyl (C=O) groups is 1. The molecule has 1 saturated heterocycles. The molecule has 1 fully saturated rings. The minimum atomic E-state index is -3.51. The number of carbonyl (C=O) groups excluding carboxylic acids is 1. The number of halogens is 1. The van der Waals surface area contributed by atoms with Crippen LogP contribution >= 0.6 is 11.6 Å². The summed E-state index contributed by atoms with van der Waals surface area (Å²) in [5.74, 6) is -0.0621. The van der Waals surface area contributed by atoms with E-state index in [1.807, 2.05) is 43.0 Å². The lowest BCUT2D eigenvalue weighted by Gasteiger charge is -2.34. The molecule has 3 rings (SSSR count). The van der Waals surface area contributed by atoms with Crippen LogP contribution in [0.25, 0.3) is 0 Å². The van der Waals surface area contributed by atoms with Gasteiger partial charge in [0, 0.05) is 56.4 Å². The first-order valence-electron chi connectivity index (χ1n) is 10.2. The fourth-order valence-electron chi connectivity index (χ4n) is 3.62. The topological polar surface area (TPSA) is 60.9 Å². The van der Waals surface area contributed by atoms with Crippen molar-refractivity contribution in [1.29, 1.82) is 0 Å². The Morgan fingerprint density at radius 3 is 2.03 bits per heavy atom. The van der Waals surface area contributed by atoms with Crippen LogP contribution in [-0.4, -0.2) is 67.7 Å². The van der Waals surface area contributed by atoms with Crippen LogP contribution in [0.2, 0.25) is 5.02 Å². The van der Waals surface area contributed by atoms with Gasteiger partial charge in [-0.2, -0.15) is 4.31 Å². The fraction of sp³-hybridized carbons (Fsp3) is 0.409. The summed E-state index contributed by atoms with van der Waals surface area (Å²) < 4.78 is 26.6. The van der Waals surface area contributed by atoms with Crippen molar-refractivity contribution in [3.05, 3.63) is 64.7 Å². The van der Waals surface area contributed by atoms with E-state index in [4.69, 9.17) is 11.6 Å². The lowest BCUT2D eigenvalue weighted by Crippen LogP contribution is -2.48. The number of nitrogens with zero attached hydrogens (tertiary/aromatic N) is 3. The molecule has 0 spiro atoms. The van der Waals surface area contributed by atoms with E-state index in [1.54, 1.807) is 12.1 Å². The molecule has 0 N–H and O–H groups in total. The van der Waals surface area contributed by atoms with Gasteiger partial charge in [-0.05, 0) is 42.0 Å². The van der Waals surface area contributed by atoms with Crippen LogP contribution in [0.4, 0.5) is 0 Å². The summed E-state index contributed by atoms with van der Waals surface area (Å²) >= 11 is 5.94. The van der Waals surface area contributed by atoms with Gasteiger partial charge in [-0.25, -0.2) is 8.42 Å². The Labute approximate surface area is 184 Å². The lowest BCUT2D eigenvalue weighted by molar-refractivity contribution is 0.0628.